The number of carbonyl (C=O) groups is 3. The zero-order valence-corrected chi connectivity index (χ0v) is 13.2. The van der Waals surface area contributed by atoms with Gasteiger partial charge in [0.1, 0.15) is 11.9 Å². The first-order chi connectivity index (χ1) is 11.6. The van der Waals surface area contributed by atoms with Crippen molar-refractivity contribution >= 4 is 23.7 Å². The van der Waals surface area contributed by atoms with E-state index in [-0.39, 0.29) is 24.3 Å². The Hall–Kier alpha value is -2.71. The zero-order valence-electron chi connectivity index (χ0n) is 13.2. The monoisotopic (exact) mass is 332 g/mol. The number of hydrogen-bond donors (Lipinski definition) is 3. The summed E-state index contributed by atoms with van der Waals surface area (Å²) in [7, 11) is 0. The molecule has 128 valence electrons. The number of aromatic nitrogens is 2. The van der Waals surface area contributed by atoms with Crippen LogP contribution in [0.4, 0.5) is 10.6 Å². The molecule has 3 rings (SSSR count). The van der Waals surface area contributed by atoms with Crippen molar-refractivity contribution in [2.75, 3.05) is 18.0 Å². The lowest BCUT2D eigenvalue weighted by Gasteiger charge is -2.33. The van der Waals surface area contributed by atoms with Crippen LogP contribution < -0.4 is 20.9 Å². The third kappa shape index (κ3) is 3.98. The second-order valence-corrected chi connectivity index (χ2v) is 5.95. The van der Waals surface area contributed by atoms with Gasteiger partial charge in [0.2, 0.25) is 11.8 Å². The van der Waals surface area contributed by atoms with Gasteiger partial charge in [0.15, 0.2) is 0 Å². The standard InChI is InChI=1S/C15H20N6O3/c22-13-2-1-11(19-15(24)20-13)14(23)18-10-3-7-21(8-4-10)12-9-16-5-6-17-12/h5-6,9-11H,1-4,7-8H2,(H,18,23)(H2,19,20,22,24). The summed E-state index contributed by atoms with van der Waals surface area (Å²) in [4.78, 5) is 45.6. The first-order valence-electron chi connectivity index (χ1n) is 8.03. The van der Waals surface area contributed by atoms with Gasteiger partial charge in [0.05, 0.1) is 6.20 Å². The first-order valence-corrected chi connectivity index (χ1v) is 8.03. The van der Waals surface area contributed by atoms with Gasteiger partial charge in [-0.3, -0.25) is 19.9 Å². The topological polar surface area (TPSA) is 116 Å². The summed E-state index contributed by atoms with van der Waals surface area (Å²) in [6, 6.07) is -1.24. The molecule has 2 aliphatic rings. The van der Waals surface area contributed by atoms with E-state index in [9.17, 15) is 14.4 Å². The van der Waals surface area contributed by atoms with E-state index in [1.807, 2.05) is 0 Å². The Kier molecular flexibility index (Phi) is 4.88. The molecule has 1 atom stereocenters. The molecular formula is C15H20N6O3. The van der Waals surface area contributed by atoms with Gasteiger partial charge in [-0.05, 0) is 19.3 Å². The molecule has 9 heteroatoms. The largest absolute Gasteiger partial charge is 0.355 e. The molecule has 2 fully saturated rings. The van der Waals surface area contributed by atoms with Crippen LogP contribution in [0, 0.1) is 0 Å². The van der Waals surface area contributed by atoms with Gasteiger partial charge >= 0.3 is 6.03 Å². The highest BCUT2D eigenvalue weighted by Gasteiger charge is 2.28. The Bertz CT molecular complexity index is 615. The maximum absolute atomic E-state index is 12.3. The van der Waals surface area contributed by atoms with E-state index >= 15 is 0 Å². The number of hydrogen-bond acceptors (Lipinski definition) is 6. The van der Waals surface area contributed by atoms with Gasteiger partial charge in [-0.25, -0.2) is 9.78 Å². The highest BCUT2D eigenvalue weighted by atomic mass is 16.2. The second-order valence-electron chi connectivity index (χ2n) is 5.95. The van der Waals surface area contributed by atoms with Crippen molar-refractivity contribution in [3.05, 3.63) is 18.6 Å². The SMILES string of the molecule is O=C1CCC(C(=O)NC2CCN(c3cnccn3)CC2)NC(=O)N1. The maximum atomic E-state index is 12.3. The average Bonchev–Trinajstić information content (AvgIpc) is 2.76. The fraction of sp³-hybridized carbons (Fsp3) is 0.533. The second kappa shape index (κ2) is 7.24. The quantitative estimate of drug-likeness (QED) is 0.690. The molecule has 1 unspecified atom stereocenters. The first kappa shape index (κ1) is 16.2. The molecule has 3 N–H and O–H groups in total. The smallest absolute Gasteiger partial charge is 0.322 e. The van der Waals surface area contributed by atoms with Crippen molar-refractivity contribution in [1.82, 2.24) is 25.9 Å². The number of rotatable bonds is 3. The Morgan fingerprint density at radius 2 is 2.00 bits per heavy atom. The summed E-state index contributed by atoms with van der Waals surface area (Å²) in [5.74, 6) is 0.237. The van der Waals surface area contributed by atoms with Gasteiger partial charge in [-0.15, -0.1) is 0 Å². The Balaban J connectivity index is 1.49. The highest BCUT2D eigenvalue weighted by molar-refractivity contribution is 5.98. The minimum atomic E-state index is -0.672. The number of carbonyl (C=O) groups excluding carboxylic acids is 3. The summed E-state index contributed by atoms with van der Waals surface area (Å²) < 4.78 is 0. The van der Waals surface area contributed by atoms with E-state index in [1.165, 1.54) is 0 Å². The Morgan fingerprint density at radius 3 is 2.71 bits per heavy atom. The zero-order chi connectivity index (χ0) is 16.9. The molecule has 0 aromatic carbocycles. The molecule has 4 amide bonds. The molecule has 0 bridgehead atoms. The van der Waals surface area contributed by atoms with Crippen LogP contribution in [0.3, 0.4) is 0 Å². The summed E-state index contributed by atoms with van der Waals surface area (Å²) in [5, 5.41) is 7.66. The van der Waals surface area contributed by atoms with Gasteiger partial charge < -0.3 is 15.5 Å². The fourth-order valence-electron chi connectivity index (χ4n) is 2.94. The van der Waals surface area contributed by atoms with Crippen molar-refractivity contribution in [3.63, 3.8) is 0 Å². The third-order valence-corrected chi connectivity index (χ3v) is 4.25. The molecule has 1 aromatic rings. The normalized spacial score (nSPS) is 22.3. The van der Waals surface area contributed by atoms with Crippen LogP contribution in [0.1, 0.15) is 25.7 Å². The summed E-state index contributed by atoms with van der Waals surface area (Å²) in [6.45, 7) is 1.56. The van der Waals surface area contributed by atoms with Crippen molar-refractivity contribution in [2.45, 2.75) is 37.8 Å². The minimum Gasteiger partial charge on any atom is -0.355 e. The van der Waals surface area contributed by atoms with Gasteiger partial charge in [0.25, 0.3) is 0 Å². The molecule has 24 heavy (non-hydrogen) atoms. The maximum Gasteiger partial charge on any atom is 0.322 e. The van der Waals surface area contributed by atoms with Gasteiger partial charge in [-0.2, -0.15) is 0 Å². The summed E-state index contributed by atoms with van der Waals surface area (Å²) in [5.41, 5.74) is 0. The van der Waals surface area contributed by atoms with Crippen molar-refractivity contribution in [2.24, 2.45) is 0 Å². The number of urea groups is 1. The van der Waals surface area contributed by atoms with Gasteiger partial charge in [-0.1, -0.05) is 0 Å². The third-order valence-electron chi connectivity index (χ3n) is 4.25. The predicted octanol–water partition coefficient (Wildman–Crippen LogP) is -0.450. The number of anilines is 1. The molecule has 2 aliphatic heterocycles. The highest BCUT2D eigenvalue weighted by Crippen LogP contribution is 2.16. The molecule has 9 nitrogen and oxygen atoms in total. The van der Waals surface area contributed by atoms with Crippen LogP contribution in [0.25, 0.3) is 0 Å². The van der Waals surface area contributed by atoms with Crippen LogP contribution >= 0.6 is 0 Å². The Labute approximate surface area is 139 Å². The lowest BCUT2D eigenvalue weighted by atomic mass is 10.0. The van der Waals surface area contributed by atoms with E-state index in [4.69, 9.17) is 0 Å². The number of piperidine rings is 1. The molecule has 0 saturated carbocycles. The van der Waals surface area contributed by atoms with Gasteiger partial charge in [0, 0.05) is 37.9 Å². The van der Waals surface area contributed by atoms with E-state index in [2.05, 4.69) is 30.8 Å². The van der Waals surface area contributed by atoms with Crippen molar-refractivity contribution in [1.29, 1.82) is 0 Å². The molecule has 0 spiro atoms. The Morgan fingerprint density at radius 1 is 1.21 bits per heavy atom. The molecular weight excluding hydrogens is 312 g/mol. The molecule has 0 radical (unpaired) electrons. The van der Waals surface area contributed by atoms with E-state index in [0.717, 1.165) is 31.7 Å². The number of nitrogens with one attached hydrogen (secondary N) is 3. The number of imide groups is 1. The summed E-state index contributed by atoms with van der Waals surface area (Å²) in [6.07, 6.45) is 7.07. The fourth-order valence-corrected chi connectivity index (χ4v) is 2.94. The predicted molar refractivity (Wildman–Crippen MR) is 85.1 cm³/mol. The van der Waals surface area contributed by atoms with Crippen LogP contribution in [0.15, 0.2) is 18.6 Å². The average molecular weight is 332 g/mol. The lowest BCUT2D eigenvalue weighted by Crippen LogP contribution is -2.52. The van der Waals surface area contributed by atoms with Crippen LogP contribution in [-0.2, 0) is 9.59 Å². The molecule has 1 aromatic heterocycles. The van der Waals surface area contributed by atoms with E-state index in [1.54, 1.807) is 18.6 Å². The molecule has 2 saturated heterocycles. The lowest BCUT2D eigenvalue weighted by molar-refractivity contribution is -0.124. The number of nitrogens with zero attached hydrogens (tertiary/aromatic N) is 3. The minimum absolute atomic E-state index is 0.0502. The molecule has 0 aliphatic carbocycles. The van der Waals surface area contributed by atoms with E-state index in [0.29, 0.717) is 6.42 Å². The van der Waals surface area contributed by atoms with E-state index < -0.39 is 12.1 Å². The molecule has 3 heterocycles. The van der Waals surface area contributed by atoms with Crippen molar-refractivity contribution in [3.8, 4) is 0 Å². The van der Waals surface area contributed by atoms with Crippen molar-refractivity contribution < 1.29 is 14.4 Å². The van der Waals surface area contributed by atoms with Crippen LogP contribution in [-0.4, -0.2) is 53.0 Å². The van der Waals surface area contributed by atoms with Crippen LogP contribution in [0.2, 0.25) is 0 Å². The number of amides is 4. The summed E-state index contributed by atoms with van der Waals surface area (Å²) >= 11 is 0. The van der Waals surface area contributed by atoms with Crippen LogP contribution in [0.5, 0.6) is 0 Å².